The molecule has 3 saturated heterocycles. The molecule has 3 fully saturated rings. The second kappa shape index (κ2) is 29.8. The number of carbonyl (C=O) groups is 4. The smallest absolute Gasteiger partial charge is 0.311 e. The van der Waals surface area contributed by atoms with Crippen molar-refractivity contribution in [3.8, 4) is 0 Å². The number of hydrogen-bond acceptors (Lipinski definition) is 20. The van der Waals surface area contributed by atoms with Crippen molar-refractivity contribution in [2.75, 3.05) is 6.61 Å². The first-order valence-corrected chi connectivity index (χ1v) is 24.8. The van der Waals surface area contributed by atoms with Crippen molar-refractivity contribution < 1.29 is 98.7 Å². The van der Waals surface area contributed by atoms with Crippen LogP contribution in [0.1, 0.15) is 85.5 Å². The van der Waals surface area contributed by atoms with E-state index in [0.29, 0.717) is 0 Å². The van der Waals surface area contributed by atoms with Crippen LogP contribution in [0.2, 0.25) is 0 Å². The number of carboxylic acid groups (broad SMARTS) is 1. The number of fused-ring (bicyclic) bond motifs is 2. The number of carbonyl (C=O) groups excluding carboxylic acids is 3. The third kappa shape index (κ3) is 19.8. The van der Waals surface area contributed by atoms with Gasteiger partial charge in [-0.2, -0.15) is 0 Å². The Morgan fingerprint density at radius 2 is 1.27 bits per heavy atom. The zero-order valence-electron chi connectivity index (χ0n) is 41.8. The van der Waals surface area contributed by atoms with Crippen LogP contribution in [0.15, 0.2) is 85.1 Å². The molecule has 4 aliphatic heterocycles. The molecule has 4 aliphatic rings. The van der Waals surface area contributed by atoms with E-state index in [-0.39, 0.29) is 44.6 Å². The second-order valence-corrected chi connectivity index (χ2v) is 19.4. The molecule has 12 N–H and O–H groups in total. The molecule has 21 nitrogen and oxygen atoms in total. The molecule has 4 heterocycles. The van der Waals surface area contributed by atoms with Crippen molar-refractivity contribution in [1.82, 2.24) is 0 Å². The Bertz CT molecular complexity index is 1990. The van der Waals surface area contributed by atoms with Gasteiger partial charge in [0.2, 0.25) is 0 Å². The third-order valence-electron chi connectivity index (χ3n) is 13.3. The summed E-state index contributed by atoms with van der Waals surface area (Å²) in [6, 6.07) is -1.15. The second-order valence-electron chi connectivity index (χ2n) is 19.4. The third-order valence-corrected chi connectivity index (χ3v) is 13.3. The van der Waals surface area contributed by atoms with E-state index >= 15 is 0 Å². The lowest BCUT2D eigenvalue weighted by Crippen LogP contribution is -2.59. The first-order chi connectivity index (χ1) is 34.5. The van der Waals surface area contributed by atoms with Gasteiger partial charge in [0.1, 0.15) is 30.0 Å². The molecule has 20 atom stereocenters. The highest BCUT2D eigenvalue weighted by molar-refractivity contribution is 5.84. The quantitative estimate of drug-likeness (QED) is 0.168. The van der Waals surface area contributed by atoms with Crippen molar-refractivity contribution in [2.45, 2.75) is 189 Å². The van der Waals surface area contributed by atoms with Crippen LogP contribution in [0.4, 0.5) is 0 Å². The first kappa shape index (κ1) is 61.4. The maximum absolute atomic E-state index is 13.0. The van der Waals surface area contributed by atoms with Crippen LogP contribution in [-0.2, 0) is 47.6 Å². The number of aliphatic carboxylic acids is 1. The predicted molar refractivity (Wildman–Crippen MR) is 260 cm³/mol. The topological polar surface area (TPSA) is 352 Å². The minimum atomic E-state index is -2.40. The Labute approximate surface area is 425 Å². The van der Waals surface area contributed by atoms with Crippen molar-refractivity contribution in [1.29, 1.82) is 0 Å². The van der Waals surface area contributed by atoms with E-state index in [2.05, 4.69) is 0 Å². The average molecular weight is 1040 g/mol. The Morgan fingerprint density at radius 3 is 1.88 bits per heavy atom. The van der Waals surface area contributed by atoms with Gasteiger partial charge in [-0.05, 0) is 20.3 Å². The fourth-order valence-electron chi connectivity index (χ4n) is 8.97. The summed E-state index contributed by atoms with van der Waals surface area (Å²) in [5, 5.41) is 107. The van der Waals surface area contributed by atoms with Crippen molar-refractivity contribution in [3.63, 3.8) is 0 Å². The molecule has 73 heavy (non-hydrogen) atoms. The minimum Gasteiger partial charge on any atom is -0.481 e. The van der Waals surface area contributed by atoms with Gasteiger partial charge in [0.15, 0.2) is 24.2 Å². The first-order valence-electron chi connectivity index (χ1n) is 24.8. The SMILES string of the molecule is CC1/C=C/C=C/C=C/C=C/C=C/C=C/C=C/C(OC2OC[C@@H](O)[C@H](N)[C@@H]2O)CC2OC(O)(CC(O)C(O)CCC(=O)CC(O)CC(O)CC(=O)OC(C)C(C)C1OC1CC(=O)C(O)[C@H](C)O1)CC(O)C2C(=O)O. The van der Waals surface area contributed by atoms with E-state index < -0.39 is 165 Å². The summed E-state index contributed by atoms with van der Waals surface area (Å²) < 4.78 is 35.2. The highest BCUT2D eigenvalue weighted by Crippen LogP contribution is 2.38. The number of cyclic esters (lactones) is 1. The lowest BCUT2D eigenvalue weighted by Gasteiger charge is -2.45. The molecule has 4 rings (SSSR count). The molecule has 0 aromatic rings. The molecule has 16 unspecified atom stereocenters. The monoisotopic (exact) mass is 1040 g/mol. The van der Waals surface area contributed by atoms with E-state index in [9.17, 15) is 70.2 Å². The van der Waals surface area contributed by atoms with Crippen molar-refractivity contribution in [3.05, 3.63) is 85.1 Å². The van der Waals surface area contributed by atoms with Crippen LogP contribution >= 0.6 is 0 Å². The lowest BCUT2D eigenvalue weighted by molar-refractivity contribution is -0.307. The highest BCUT2D eigenvalue weighted by atomic mass is 16.7. The molecule has 21 heteroatoms. The van der Waals surface area contributed by atoms with Crippen LogP contribution in [0.25, 0.3) is 0 Å². The summed E-state index contributed by atoms with van der Waals surface area (Å²) in [4.78, 5) is 50.9. The summed E-state index contributed by atoms with van der Waals surface area (Å²) in [5.41, 5.74) is 5.94. The van der Waals surface area contributed by atoms with Crippen LogP contribution in [-0.4, -0.2) is 185 Å². The van der Waals surface area contributed by atoms with E-state index in [1.54, 1.807) is 93.7 Å². The number of aliphatic hydroxyl groups excluding tert-OH is 8. The molecule has 0 spiro atoms. The average Bonchev–Trinajstić information content (AvgIpc) is 3.30. The lowest BCUT2D eigenvalue weighted by atomic mass is 9.82. The van der Waals surface area contributed by atoms with E-state index in [0.717, 1.165) is 0 Å². The number of Topliss-reactive ketones (excluding diaryl/α,β-unsaturated/α-hetero) is 2. The van der Waals surface area contributed by atoms with Gasteiger partial charge in [0.05, 0.1) is 86.5 Å². The predicted octanol–water partition coefficient (Wildman–Crippen LogP) is 0.621. The number of hydrogen-bond donors (Lipinski definition) is 11. The Morgan fingerprint density at radius 1 is 0.699 bits per heavy atom. The molecule has 0 aliphatic carbocycles. The van der Waals surface area contributed by atoms with Gasteiger partial charge in [-0.25, -0.2) is 0 Å². The van der Waals surface area contributed by atoms with Gasteiger partial charge >= 0.3 is 11.9 Å². The fourth-order valence-corrected chi connectivity index (χ4v) is 8.97. The van der Waals surface area contributed by atoms with Gasteiger partial charge in [0.25, 0.3) is 0 Å². The van der Waals surface area contributed by atoms with Gasteiger partial charge in [-0.1, -0.05) is 98.9 Å². The number of allylic oxidation sites excluding steroid dienone is 12. The van der Waals surface area contributed by atoms with E-state index in [1.807, 2.05) is 13.0 Å². The highest BCUT2D eigenvalue weighted by Gasteiger charge is 2.51. The van der Waals surface area contributed by atoms with E-state index in [4.69, 9.17) is 34.2 Å². The zero-order chi connectivity index (χ0) is 54.0. The van der Waals surface area contributed by atoms with Gasteiger partial charge in [-0.15, -0.1) is 0 Å². The summed E-state index contributed by atoms with van der Waals surface area (Å²) in [5.74, 6) is -8.09. The molecule has 2 bridgehead atoms. The Kier molecular flexibility index (Phi) is 25.1. The summed E-state index contributed by atoms with van der Waals surface area (Å²) in [6.07, 6.45) is 0.982. The molecule has 0 radical (unpaired) electrons. The number of ether oxygens (including phenoxy) is 6. The molecule has 0 saturated carbocycles. The summed E-state index contributed by atoms with van der Waals surface area (Å²) in [6.45, 7) is 6.59. The Hall–Kier alpha value is -4.14. The molecule has 0 aromatic carbocycles. The van der Waals surface area contributed by atoms with Crippen molar-refractivity contribution in [2.24, 2.45) is 23.5 Å². The van der Waals surface area contributed by atoms with Crippen LogP contribution in [0.5, 0.6) is 0 Å². The molecule has 410 valence electrons. The number of carboxylic acids is 1. The number of nitrogens with two attached hydrogens (primary N) is 1. The standard InChI is InChI=1S/C52H77NO20/c1-29-17-15-13-11-9-7-5-6-8-10-12-14-16-18-36(71-51-48(64)46(53)41(61)28-68-51)24-42-45(50(65)66)40(60)27-52(67,73-42)26-39(59)37(57)20-19-33(54)21-34(55)22-35(56)23-43(62)69-31(3)30(2)49(29)72-44-25-38(58)47(63)32(4)70-44/h5-18,29-32,34-37,39-42,44-49,51,55-57,59-61,63-64,67H,19-28,53H2,1-4H3,(H,65,66)/b6-5+,9-7+,10-8+,13-11+,14-12+,17-15+,18-16+/t29?,30?,31?,32-,34?,35?,36?,37?,39?,40?,41+,42?,44?,45?,46-,47?,48-,49?,51?,52?/m0/s1. The van der Waals surface area contributed by atoms with Crippen LogP contribution in [0.3, 0.4) is 0 Å². The van der Waals surface area contributed by atoms with Gasteiger partial charge in [0, 0.05) is 50.4 Å². The van der Waals surface area contributed by atoms with Crippen molar-refractivity contribution >= 4 is 23.5 Å². The maximum Gasteiger partial charge on any atom is 0.311 e. The minimum absolute atomic E-state index is 0.188. The largest absolute Gasteiger partial charge is 0.481 e. The molecular formula is C52H77NO20. The number of aliphatic hydroxyl groups is 9. The maximum atomic E-state index is 13.0. The van der Waals surface area contributed by atoms with Gasteiger partial charge < -0.3 is 85.2 Å². The number of ketones is 2. The van der Waals surface area contributed by atoms with Gasteiger partial charge in [-0.3, -0.25) is 19.2 Å². The molecule has 0 amide bonds. The summed E-state index contributed by atoms with van der Waals surface area (Å²) in [7, 11) is 0. The Balaban J connectivity index is 1.56. The molecule has 0 aromatic heterocycles. The summed E-state index contributed by atoms with van der Waals surface area (Å²) >= 11 is 0. The fraction of sp³-hybridized carbons (Fsp3) is 0.654. The van der Waals surface area contributed by atoms with E-state index in [1.165, 1.54) is 6.08 Å². The normalized spacial score (nSPS) is 44.1. The molecular weight excluding hydrogens is 959 g/mol. The van der Waals surface area contributed by atoms with Crippen LogP contribution < -0.4 is 5.73 Å². The van der Waals surface area contributed by atoms with Crippen LogP contribution in [0, 0.1) is 17.8 Å². The number of esters is 1. The number of rotatable bonds is 5. The zero-order valence-corrected chi connectivity index (χ0v) is 41.8.